The van der Waals surface area contributed by atoms with Crippen molar-refractivity contribution in [1.82, 2.24) is 0 Å². The molecular weight excluding hydrogens is 220 g/mol. The van der Waals surface area contributed by atoms with Gasteiger partial charge in [0.1, 0.15) is 12.4 Å². The highest BCUT2D eigenvalue weighted by molar-refractivity contribution is 6.03. The quantitative estimate of drug-likeness (QED) is 0.429. The number of ether oxygens (including phenoxy) is 2. The van der Waals surface area contributed by atoms with Gasteiger partial charge in [-0.1, -0.05) is 0 Å². The van der Waals surface area contributed by atoms with E-state index in [1.807, 2.05) is 0 Å². The van der Waals surface area contributed by atoms with Gasteiger partial charge in [-0.05, 0) is 19.1 Å². The molecule has 0 atom stereocenters. The lowest BCUT2D eigenvalue weighted by atomic mass is 10.1. The van der Waals surface area contributed by atoms with E-state index in [9.17, 15) is 4.79 Å². The summed E-state index contributed by atoms with van der Waals surface area (Å²) in [5.41, 5.74) is 1.64. The van der Waals surface area contributed by atoms with Crippen LogP contribution in [0.4, 0.5) is 5.69 Å². The normalized spacial score (nSPS) is 9.76. The molecule has 0 bridgehead atoms. The molecule has 5 heteroatoms. The molecule has 0 radical (unpaired) electrons. The number of anilines is 1. The second-order valence-electron chi connectivity index (χ2n) is 3.44. The molecule has 5 nitrogen and oxygen atoms in total. The molecule has 0 spiro atoms. The molecule has 92 valence electrons. The number of hydrogen-bond acceptors (Lipinski definition) is 4. The van der Waals surface area contributed by atoms with Crippen molar-refractivity contribution in [3.05, 3.63) is 23.8 Å². The first-order valence-electron chi connectivity index (χ1n) is 5.20. The summed E-state index contributed by atoms with van der Waals surface area (Å²) in [7, 11) is 1.60. The topological polar surface area (TPSA) is 71.4 Å². The van der Waals surface area contributed by atoms with Crippen LogP contribution >= 0.6 is 0 Å². The number of methoxy groups -OCH3 is 1. The molecule has 17 heavy (non-hydrogen) atoms. The molecule has 2 N–H and O–H groups in total. The van der Waals surface area contributed by atoms with Crippen LogP contribution in [0.1, 0.15) is 12.5 Å². The second kappa shape index (κ2) is 6.65. The van der Waals surface area contributed by atoms with Crippen LogP contribution in [0.5, 0.6) is 5.75 Å². The first-order valence-corrected chi connectivity index (χ1v) is 5.20. The van der Waals surface area contributed by atoms with Crippen molar-refractivity contribution in [2.75, 3.05) is 25.6 Å². The molecule has 0 aliphatic carbocycles. The Bertz CT molecular complexity index is 405. The van der Waals surface area contributed by atoms with Crippen LogP contribution in [0.25, 0.3) is 0 Å². The minimum Gasteiger partial charge on any atom is -0.491 e. The molecule has 1 aromatic carbocycles. The lowest BCUT2D eigenvalue weighted by Gasteiger charge is -2.11. The van der Waals surface area contributed by atoms with Gasteiger partial charge in [0.05, 0.1) is 12.3 Å². The van der Waals surface area contributed by atoms with Crippen LogP contribution in [-0.2, 0) is 9.53 Å². The van der Waals surface area contributed by atoms with E-state index < -0.39 is 0 Å². The van der Waals surface area contributed by atoms with Crippen LogP contribution in [0.15, 0.2) is 18.2 Å². The standard InChI is InChI=1S/C12H16N2O3/c1-9(13)11-4-3-10(17-6-5-16-2)7-12(11)14-8-15/h3-4,7-8,13H,5-6H2,1-2H3,(H,14,15). The van der Waals surface area contributed by atoms with Gasteiger partial charge >= 0.3 is 0 Å². The highest BCUT2D eigenvalue weighted by atomic mass is 16.5. The van der Waals surface area contributed by atoms with Crippen molar-refractivity contribution < 1.29 is 14.3 Å². The zero-order valence-corrected chi connectivity index (χ0v) is 9.95. The Kier molecular flexibility index (Phi) is 5.16. The maximum absolute atomic E-state index is 10.5. The monoisotopic (exact) mass is 236 g/mol. The summed E-state index contributed by atoms with van der Waals surface area (Å²) >= 11 is 0. The summed E-state index contributed by atoms with van der Waals surface area (Å²) in [5, 5.41) is 10.1. The summed E-state index contributed by atoms with van der Waals surface area (Å²) in [4.78, 5) is 10.5. The number of hydrogen-bond donors (Lipinski definition) is 2. The molecule has 0 saturated heterocycles. The molecule has 0 fully saturated rings. The van der Waals surface area contributed by atoms with Crippen LogP contribution in [0.2, 0.25) is 0 Å². The van der Waals surface area contributed by atoms with Gasteiger partial charge in [0.2, 0.25) is 6.41 Å². The number of nitrogens with one attached hydrogen (secondary N) is 2. The molecule has 0 saturated carbocycles. The summed E-state index contributed by atoms with van der Waals surface area (Å²) in [6.45, 7) is 2.61. The van der Waals surface area contributed by atoms with E-state index in [0.29, 0.717) is 42.3 Å². The molecule has 0 aliphatic rings. The molecular formula is C12H16N2O3. The second-order valence-corrected chi connectivity index (χ2v) is 3.44. The number of benzene rings is 1. The van der Waals surface area contributed by atoms with E-state index in [1.54, 1.807) is 32.2 Å². The smallest absolute Gasteiger partial charge is 0.211 e. The third-order valence-corrected chi connectivity index (χ3v) is 2.17. The van der Waals surface area contributed by atoms with Gasteiger partial charge < -0.3 is 20.2 Å². The summed E-state index contributed by atoms with van der Waals surface area (Å²) < 4.78 is 10.3. The fourth-order valence-electron chi connectivity index (χ4n) is 1.37. The Labute approximate surface area is 100 Å². The van der Waals surface area contributed by atoms with E-state index in [1.165, 1.54) is 0 Å². The van der Waals surface area contributed by atoms with Crippen molar-refractivity contribution in [1.29, 1.82) is 5.41 Å². The largest absolute Gasteiger partial charge is 0.491 e. The minimum atomic E-state index is 0.387. The molecule has 1 rings (SSSR count). The van der Waals surface area contributed by atoms with E-state index in [4.69, 9.17) is 14.9 Å². The lowest BCUT2D eigenvalue weighted by molar-refractivity contribution is -0.105. The van der Waals surface area contributed by atoms with Gasteiger partial charge in [-0.25, -0.2) is 0 Å². The third-order valence-electron chi connectivity index (χ3n) is 2.17. The van der Waals surface area contributed by atoms with E-state index in [2.05, 4.69) is 5.32 Å². The summed E-state index contributed by atoms with van der Waals surface area (Å²) in [5.74, 6) is 0.636. The predicted molar refractivity (Wildman–Crippen MR) is 66.0 cm³/mol. The number of rotatable bonds is 7. The van der Waals surface area contributed by atoms with E-state index >= 15 is 0 Å². The maximum Gasteiger partial charge on any atom is 0.211 e. The van der Waals surface area contributed by atoms with Gasteiger partial charge in [-0.2, -0.15) is 0 Å². The third kappa shape index (κ3) is 3.88. The van der Waals surface area contributed by atoms with Gasteiger partial charge in [0.15, 0.2) is 0 Å². The van der Waals surface area contributed by atoms with Crippen molar-refractivity contribution in [2.24, 2.45) is 0 Å². The SMILES string of the molecule is COCCOc1ccc(C(C)=N)c(NC=O)c1. The van der Waals surface area contributed by atoms with Crippen LogP contribution in [0.3, 0.4) is 0 Å². The Hall–Kier alpha value is -1.88. The molecule has 1 amide bonds. The number of carbonyl (C=O) groups is 1. The molecule has 0 aliphatic heterocycles. The zero-order valence-electron chi connectivity index (χ0n) is 9.95. The molecule has 0 aromatic heterocycles. The molecule has 0 unspecified atom stereocenters. The van der Waals surface area contributed by atoms with Gasteiger partial charge in [0, 0.05) is 24.5 Å². The predicted octanol–water partition coefficient (Wildman–Crippen LogP) is 1.67. The average Bonchev–Trinajstić information content (AvgIpc) is 2.30. The van der Waals surface area contributed by atoms with Crippen molar-refractivity contribution >= 4 is 17.8 Å². The highest BCUT2D eigenvalue weighted by Gasteiger charge is 2.06. The van der Waals surface area contributed by atoms with Crippen molar-refractivity contribution in [3.8, 4) is 5.75 Å². The highest BCUT2D eigenvalue weighted by Crippen LogP contribution is 2.22. The van der Waals surface area contributed by atoms with Gasteiger partial charge in [0.25, 0.3) is 0 Å². The fraction of sp³-hybridized carbons (Fsp3) is 0.333. The number of amides is 1. The maximum atomic E-state index is 10.5. The Morgan fingerprint density at radius 1 is 1.47 bits per heavy atom. The Balaban J connectivity index is 2.85. The molecule has 1 aromatic rings. The van der Waals surface area contributed by atoms with Gasteiger partial charge in [-0.15, -0.1) is 0 Å². The molecule has 0 heterocycles. The first kappa shape index (κ1) is 13.2. The van der Waals surface area contributed by atoms with E-state index in [0.717, 1.165) is 0 Å². The first-order chi connectivity index (χ1) is 8.19. The van der Waals surface area contributed by atoms with Crippen LogP contribution in [-0.4, -0.2) is 32.4 Å². The van der Waals surface area contributed by atoms with Crippen molar-refractivity contribution in [3.63, 3.8) is 0 Å². The number of carbonyl (C=O) groups excluding carboxylic acids is 1. The Morgan fingerprint density at radius 3 is 2.82 bits per heavy atom. The van der Waals surface area contributed by atoms with Crippen LogP contribution in [0, 0.1) is 5.41 Å². The Morgan fingerprint density at radius 2 is 2.24 bits per heavy atom. The minimum absolute atomic E-state index is 0.387. The van der Waals surface area contributed by atoms with Crippen molar-refractivity contribution in [2.45, 2.75) is 6.92 Å². The van der Waals surface area contributed by atoms with Gasteiger partial charge in [-0.3, -0.25) is 4.79 Å². The lowest BCUT2D eigenvalue weighted by Crippen LogP contribution is -2.06. The summed E-state index contributed by atoms with van der Waals surface area (Å²) in [6.07, 6.45) is 0.584. The summed E-state index contributed by atoms with van der Waals surface area (Å²) in [6, 6.07) is 5.20. The fourth-order valence-corrected chi connectivity index (χ4v) is 1.37. The average molecular weight is 236 g/mol. The zero-order chi connectivity index (χ0) is 12.7. The van der Waals surface area contributed by atoms with E-state index in [-0.39, 0.29) is 0 Å². The van der Waals surface area contributed by atoms with Crippen LogP contribution < -0.4 is 10.1 Å².